The molecule has 11 nitrogen and oxygen atoms in total. The second-order valence-corrected chi connectivity index (χ2v) is 8.36. The molecule has 0 aliphatic carbocycles. The van der Waals surface area contributed by atoms with Crippen molar-refractivity contribution in [2.45, 2.75) is 31.0 Å². The van der Waals surface area contributed by atoms with Crippen molar-refractivity contribution < 1.29 is 29.4 Å². The number of hydrogen-bond acceptors (Lipinski definition) is 7. The third-order valence-electron chi connectivity index (χ3n) is 4.93. The van der Waals surface area contributed by atoms with Gasteiger partial charge in [0.25, 0.3) is 0 Å². The molecular weight excluding hydrogens is 450 g/mol. The summed E-state index contributed by atoms with van der Waals surface area (Å²) >= 11 is 1.47. The smallest absolute Gasteiger partial charge is 0.326 e. The number of amides is 3. The van der Waals surface area contributed by atoms with E-state index in [0.717, 1.165) is 16.5 Å². The molecule has 3 atom stereocenters. The number of thioether (sulfide) groups is 1. The summed E-state index contributed by atoms with van der Waals surface area (Å²) in [5.41, 5.74) is 7.06. The second-order valence-electron chi connectivity index (χ2n) is 7.37. The van der Waals surface area contributed by atoms with Crippen LogP contribution in [0.5, 0.6) is 0 Å². The Bertz CT molecular complexity index is 981. The number of fused-ring (bicyclic) bond motifs is 1. The highest BCUT2D eigenvalue weighted by Crippen LogP contribution is 2.19. The number of rotatable bonds is 13. The third kappa shape index (κ3) is 7.77. The molecule has 8 N–H and O–H groups in total. The topological polar surface area (TPSA) is 187 Å². The van der Waals surface area contributed by atoms with Gasteiger partial charge in [0.05, 0.1) is 13.2 Å². The minimum atomic E-state index is -1.21. The van der Waals surface area contributed by atoms with Gasteiger partial charge < -0.3 is 36.9 Å². The molecule has 0 aliphatic heterocycles. The summed E-state index contributed by atoms with van der Waals surface area (Å²) in [5.74, 6) is -2.63. The minimum absolute atomic E-state index is 0.0600. The molecule has 1 heterocycles. The van der Waals surface area contributed by atoms with Crippen LogP contribution in [-0.2, 0) is 25.6 Å². The number of aromatic amines is 1. The van der Waals surface area contributed by atoms with Crippen LogP contribution in [0.2, 0.25) is 0 Å². The first-order valence-electron chi connectivity index (χ1n) is 10.3. The molecule has 12 heteroatoms. The molecule has 0 radical (unpaired) electrons. The van der Waals surface area contributed by atoms with Gasteiger partial charge in [0.15, 0.2) is 0 Å². The Balaban J connectivity index is 1.95. The summed E-state index contributed by atoms with van der Waals surface area (Å²) < 4.78 is 0. The number of para-hydroxylation sites is 1. The fraction of sp³-hybridized carbons (Fsp3) is 0.429. The number of aromatic nitrogens is 1. The van der Waals surface area contributed by atoms with Gasteiger partial charge in [-0.2, -0.15) is 11.8 Å². The van der Waals surface area contributed by atoms with Crippen molar-refractivity contribution in [2.75, 3.05) is 25.2 Å². The molecule has 0 fully saturated rings. The predicted molar refractivity (Wildman–Crippen MR) is 125 cm³/mol. The molecule has 2 rings (SSSR count). The third-order valence-corrected chi connectivity index (χ3v) is 5.58. The second kappa shape index (κ2) is 12.8. The lowest BCUT2D eigenvalue weighted by molar-refractivity contribution is -0.141. The van der Waals surface area contributed by atoms with E-state index in [-0.39, 0.29) is 12.8 Å². The van der Waals surface area contributed by atoms with E-state index in [0.29, 0.717) is 5.75 Å². The highest BCUT2D eigenvalue weighted by atomic mass is 32.2. The first-order valence-corrected chi connectivity index (χ1v) is 11.7. The van der Waals surface area contributed by atoms with Crippen molar-refractivity contribution in [1.82, 2.24) is 20.9 Å². The lowest BCUT2D eigenvalue weighted by Gasteiger charge is -2.20. The molecule has 33 heavy (non-hydrogen) atoms. The zero-order valence-corrected chi connectivity index (χ0v) is 19.0. The van der Waals surface area contributed by atoms with E-state index >= 15 is 0 Å². The Kier molecular flexibility index (Phi) is 10.2. The molecule has 0 saturated carbocycles. The zero-order chi connectivity index (χ0) is 24.4. The fourth-order valence-corrected chi connectivity index (χ4v) is 3.59. The highest BCUT2D eigenvalue weighted by Gasteiger charge is 2.25. The van der Waals surface area contributed by atoms with Gasteiger partial charge in [-0.1, -0.05) is 18.2 Å². The maximum absolute atomic E-state index is 12.5. The van der Waals surface area contributed by atoms with Crippen molar-refractivity contribution in [1.29, 1.82) is 0 Å². The van der Waals surface area contributed by atoms with Crippen LogP contribution >= 0.6 is 11.8 Å². The average Bonchev–Trinajstić information content (AvgIpc) is 3.21. The fourth-order valence-electron chi connectivity index (χ4n) is 3.12. The molecule has 0 aliphatic rings. The number of carboxylic acid groups (broad SMARTS) is 1. The molecule has 0 spiro atoms. The summed E-state index contributed by atoms with van der Waals surface area (Å²) in [6.07, 6.45) is 3.88. The lowest BCUT2D eigenvalue weighted by Crippen LogP contribution is -2.54. The van der Waals surface area contributed by atoms with Crippen LogP contribution in [-0.4, -0.2) is 82.2 Å². The van der Waals surface area contributed by atoms with Gasteiger partial charge in [0.1, 0.15) is 18.1 Å². The lowest BCUT2D eigenvalue weighted by atomic mass is 10.0. The summed E-state index contributed by atoms with van der Waals surface area (Å²) in [6, 6.07) is 4.10. The van der Waals surface area contributed by atoms with Crippen LogP contribution in [0.15, 0.2) is 30.5 Å². The van der Waals surface area contributed by atoms with Gasteiger partial charge in [-0.15, -0.1) is 0 Å². The van der Waals surface area contributed by atoms with Gasteiger partial charge in [-0.25, -0.2) is 4.79 Å². The van der Waals surface area contributed by atoms with Gasteiger partial charge in [-0.3, -0.25) is 14.4 Å². The summed E-state index contributed by atoms with van der Waals surface area (Å²) in [6.45, 7) is -1.04. The quantitative estimate of drug-likeness (QED) is 0.190. The Morgan fingerprint density at radius 2 is 1.85 bits per heavy atom. The van der Waals surface area contributed by atoms with E-state index in [1.807, 2.05) is 30.5 Å². The van der Waals surface area contributed by atoms with Crippen LogP contribution < -0.4 is 21.7 Å². The SMILES string of the molecule is CSCCC(NC(=O)C(N)CO)C(=O)NCC(=O)NC(Cc1c[nH]c2ccccc12)C(=O)O. The summed E-state index contributed by atoms with van der Waals surface area (Å²) in [7, 11) is 0. The molecule has 2 aromatic rings. The summed E-state index contributed by atoms with van der Waals surface area (Å²) in [5, 5.41) is 26.7. The van der Waals surface area contributed by atoms with E-state index < -0.39 is 55.0 Å². The molecule has 3 unspecified atom stereocenters. The molecule has 180 valence electrons. The first kappa shape index (κ1) is 26.2. The highest BCUT2D eigenvalue weighted by molar-refractivity contribution is 7.98. The number of nitrogens with two attached hydrogens (primary N) is 1. The average molecular weight is 480 g/mol. The Hall–Kier alpha value is -3.09. The number of H-pyrrole nitrogens is 1. The van der Waals surface area contributed by atoms with Crippen molar-refractivity contribution in [3.8, 4) is 0 Å². The predicted octanol–water partition coefficient (Wildman–Crippen LogP) is -1.05. The van der Waals surface area contributed by atoms with Crippen LogP contribution in [0.3, 0.4) is 0 Å². The Morgan fingerprint density at radius 1 is 1.12 bits per heavy atom. The van der Waals surface area contributed by atoms with E-state index in [4.69, 9.17) is 10.8 Å². The minimum Gasteiger partial charge on any atom is -0.480 e. The molecule has 0 bridgehead atoms. The number of benzene rings is 1. The maximum atomic E-state index is 12.5. The monoisotopic (exact) mass is 479 g/mol. The van der Waals surface area contributed by atoms with Gasteiger partial charge in [-0.05, 0) is 30.1 Å². The molecule has 1 aromatic carbocycles. The number of aliphatic carboxylic acids is 1. The van der Waals surface area contributed by atoms with Crippen LogP contribution in [0.4, 0.5) is 0 Å². The number of carbonyl (C=O) groups excluding carboxylic acids is 3. The van der Waals surface area contributed by atoms with Gasteiger partial charge in [0.2, 0.25) is 17.7 Å². The van der Waals surface area contributed by atoms with Gasteiger partial charge >= 0.3 is 5.97 Å². The molecule has 0 saturated heterocycles. The van der Waals surface area contributed by atoms with E-state index in [9.17, 15) is 24.3 Å². The van der Waals surface area contributed by atoms with Crippen LogP contribution in [0, 0.1) is 0 Å². The van der Waals surface area contributed by atoms with Crippen molar-refractivity contribution >= 4 is 46.4 Å². The van der Waals surface area contributed by atoms with Crippen LogP contribution in [0.1, 0.15) is 12.0 Å². The number of aliphatic hydroxyl groups is 1. The normalized spacial score (nSPS) is 13.7. The molecular formula is C21H29N5O6S. The largest absolute Gasteiger partial charge is 0.480 e. The standard InChI is InChI=1S/C21H29N5O6S/c1-33-7-6-16(26-19(29)14(22)11-27)20(30)24-10-18(28)25-17(21(31)32)8-12-9-23-15-5-3-2-4-13(12)15/h2-5,9,14,16-17,23,27H,6-8,10-11,22H2,1H3,(H,24,30)(H,25,28)(H,26,29)(H,31,32). The van der Waals surface area contributed by atoms with Crippen molar-refractivity contribution in [2.24, 2.45) is 5.73 Å². The number of aliphatic hydroxyl groups excluding tert-OH is 1. The first-order chi connectivity index (χ1) is 15.8. The number of carbonyl (C=O) groups is 4. The maximum Gasteiger partial charge on any atom is 0.326 e. The number of carboxylic acids is 1. The number of hydrogen-bond donors (Lipinski definition) is 7. The summed E-state index contributed by atoms with van der Waals surface area (Å²) in [4.78, 5) is 51.5. The Labute approximate surface area is 194 Å². The zero-order valence-electron chi connectivity index (χ0n) is 18.2. The van der Waals surface area contributed by atoms with E-state index in [1.165, 1.54) is 11.8 Å². The number of nitrogens with one attached hydrogen (secondary N) is 4. The van der Waals surface area contributed by atoms with Crippen molar-refractivity contribution in [3.63, 3.8) is 0 Å². The molecule has 1 aromatic heterocycles. The van der Waals surface area contributed by atoms with Gasteiger partial charge in [0, 0.05) is 23.5 Å². The van der Waals surface area contributed by atoms with E-state index in [1.54, 1.807) is 6.20 Å². The Morgan fingerprint density at radius 3 is 2.52 bits per heavy atom. The molecule has 3 amide bonds. The van der Waals surface area contributed by atoms with E-state index in [2.05, 4.69) is 20.9 Å². The van der Waals surface area contributed by atoms with Crippen LogP contribution in [0.25, 0.3) is 10.9 Å². The van der Waals surface area contributed by atoms with Crippen molar-refractivity contribution in [3.05, 3.63) is 36.0 Å².